The van der Waals surface area contributed by atoms with Gasteiger partial charge in [0.1, 0.15) is 11.5 Å². The lowest BCUT2D eigenvalue weighted by Crippen LogP contribution is -2.18. The van der Waals surface area contributed by atoms with Crippen LogP contribution in [-0.2, 0) is 6.54 Å². The Balaban J connectivity index is 2.01. The second kappa shape index (κ2) is 9.10. The van der Waals surface area contributed by atoms with E-state index >= 15 is 0 Å². The van der Waals surface area contributed by atoms with E-state index in [4.69, 9.17) is 9.47 Å². The van der Waals surface area contributed by atoms with Crippen LogP contribution >= 0.6 is 23.1 Å². The Kier molecular flexibility index (Phi) is 6.58. The molecule has 7 heteroatoms. The summed E-state index contributed by atoms with van der Waals surface area (Å²) in [6.45, 7) is 3.32. The van der Waals surface area contributed by atoms with Crippen molar-refractivity contribution in [2.45, 2.75) is 13.5 Å². The molecule has 3 rings (SSSR count). The zero-order valence-electron chi connectivity index (χ0n) is 15.6. The first-order chi connectivity index (χ1) is 13.2. The van der Waals surface area contributed by atoms with E-state index in [0.29, 0.717) is 17.0 Å². The van der Waals surface area contributed by atoms with E-state index in [9.17, 15) is 4.79 Å². The second-order valence-corrected chi connectivity index (χ2v) is 7.73. The average Bonchev–Trinajstić information content (AvgIpc) is 3.03. The minimum absolute atomic E-state index is 0.255. The van der Waals surface area contributed by atoms with Gasteiger partial charge in [0.25, 0.3) is 5.91 Å². The van der Waals surface area contributed by atoms with E-state index in [0.717, 1.165) is 34.0 Å². The van der Waals surface area contributed by atoms with Crippen LogP contribution in [0.1, 0.15) is 17.3 Å². The SMILES string of the molecule is CCOc1ccc(C(=O)N=c2sc3cc(OC)ccc3n2CCSC)cc1. The highest BCUT2D eigenvalue weighted by Crippen LogP contribution is 2.23. The molecule has 1 aromatic heterocycles. The summed E-state index contributed by atoms with van der Waals surface area (Å²) in [5, 5.41) is 0. The van der Waals surface area contributed by atoms with Gasteiger partial charge in [-0.3, -0.25) is 4.79 Å². The maximum Gasteiger partial charge on any atom is 0.279 e. The van der Waals surface area contributed by atoms with Gasteiger partial charge in [-0.2, -0.15) is 16.8 Å². The summed E-state index contributed by atoms with van der Waals surface area (Å²) in [6.07, 6.45) is 2.07. The maximum atomic E-state index is 12.7. The van der Waals surface area contributed by atoms with E-state index in [1.165, 1.54) is 11.3 Å². The summed E-state index contributed by atoms with van der Waals surface area (Å²) in [7, 11) is 1.65. The zero-order valence-corrected chi connectivity index (χ0v) is 17.2. The molecule has 1 amide bonds. The molecule has 0 aliphatic rings. The van der Waals surface area contributed by atoms with Crippen molar-refractivity contribution in [1.82, 2.24) is 4.57 Å². The summed E-state index contributed by atoms with van der Waals surface area (Å²) in [6, 6.07) is 13.0. The first-order valence-corrected chi connectivity index (χ1v) is 10.9. The highest BCUT2D eigenvalue weighted by atomic mass is 32.2. The second-order valence-electron chi connectivity index (χ2n) is 5.74. The molecular formula is C20H22N2O3S2. The Hall–Kier alpha value is -2.25. The van der Waals surface area contributed by atoms with E-state index in [1.807, 2.05) is 25.1 Å². The number of amides is 1. The fraction of sp³-hybridized carbons (Fsp3) is 0.300. The lowest BCUT2D eigenvalue weighted by atomic mass is 10.2. The van der Waals surface area contributed by atoms with E-state index in [1.54, 1.807) is 43.1 Å². The summed E-state index contributed by atoms with van der Waals surface area (Å²) in [4.78, 5) is 17.8. The minimum atomic E-state index is -0.255. The van der Waals surface area contributed by atoms with Crippen LogP contribution in [0.4, 0.5) is 0 Å². The topological polar surface area (TPSA) is 52.8 Å². The van der Waals surface area contributed by atoms with Gasteiger partial charge in [-0.05, 0) is 55.6 Å². The Morgan fingerprint density at radius 3 is 2.59 bits per heavy atom. The van der Waals surface area contributed by atoms with Crippen molar-refractivity contribution in [3.63, 3.8) is 0 Å². The summed E-state index contributed by atoms with van der Waals surface area (Å²) >= 11 is 3.26. The standard InChI is InChI=1S/C20H22N2O3S2/c1-4-25-15-7-5-14(6-8-15)19(23)21-20-22(11-12-26-3)17-10-9-16(24-2)13-18(17)27-20/h5-10,13H,4,11-12H2,1-3H3. The molecule has 0 spiro atoms. The quantitative estimate of drug-likeness (QED) is 0.594. The average molecular weight is 403 g/mol. The predicted molar refractivity (Wildman–Crippen MR) is 112 cm³/mol. The van der Waals surface area contributed by atoms with E-state index in [-0.39, 0.29) is 5.91 Å². The number of fused-ring (bicyclic) bond motifs is 1. The van der Waals surface area contributed by atoms with Crippen LogP contribution in [0, 0.1) is 0 Å². The number of nitrogens with zero attached hydrogens (tertiary/aromatic N) is 2. The van der Waals surface area contributed by atoms with Gasteiger partial charge in [-0.15, -0.1) is 0 Å². The molecule has 0 fully saturated rings. The first-order valence-electron chi connectivity index (χ1n) is 8.64. The summed E-state index contributed by atoms with van der Waals surface area (Å²) in [5.41, 5.74) is 1.61. The fourth-order valence-corrected chi connectivity index (χ4v) is 4.12. The molecule has 0 atom stereocenters. The molecule has 3 aromatic rings. The van der Waals surface area contributed by atoms with Crippen LogP contribution in [0.5, 0.6) is 11.5 Å². The van der Waals surface area contributed by atoms with Crippen LogP contribution in [0.2, 0.25) is 0 Å². The number of benzene rings is 2. The van der Waals surface area contributed by atoms with Crippen molar-refractivity contribution in [3.05, 3.63) is 52.8 Å². The number of aryl methyl sites for hydroxylation is 1. The van der Waals surface area contributed by atoms with Gasteiger partial charge in [0.15, 0.2) is 4.80 Å². The minimum Gasteiger partial charge on any atom is -0.497 e. The Morgan fingerprint density at radius 1 is 1.19 bits per heavy atom. The third-order valence-electron chi connectivity index (χ3n) is 4.02. The van der Waals surface area contributed by atoms with Gasteiger partial charge < -0.3 is 14.0 Å². The molecule has 0 radical (unpaired) electrons. The molecule has 0 aliphatic carbocycles. The van der Waals surface area contributed by atoms with Gasteiger partial charge in [-0.1, -0.05) is 11.3 Å². The number of thioether (sulfide) groups is 1. The van der Waals surface area contributed by atoms with Crippen LogP contribution in [-0.4, -0.2) is 36.2 Å². The number of thiazole rings is 1. The number of carbonyl (C=O) groups excluding carboxylic acids is 1. The Morgan fingerprint density at radius 2 is 1.93 bits per heavy atom. The van der Waals surface area contributed by atoms with Crippen molar-refractivity contribution in [2.24, 2.45) is 4.99 Å². The molecule has 0 aliphatic heterocycles. The molecule has 0 unspecified atom stereocenters. The predicted octanol–water partition coefficient (Wildman–Crippen LogP) is 4.21. The van der Waals surface area contributed by atoms with Crippen molar-refractivity contribution in [3.8, 4) is 11.5 Å². The van der Waals surface area contributed by atoms with Gasteiger partial charge in [0.05, 0.1) is 23.9 Å². The van der Waals surface area contributed by atoms with Crippen molar-refractivity contribution >= 4 is 39.2 Å². The largest absolute Gasteiger partial charge is 0.497 e. The summed E-state index contributed by atoms with van der Waals surface area (Å²) in [5.74, 6) is 2.24. The monoisotopic (exact) mass is 402 g/mol. The van der Waals surface area contributed by atoms with Crippen LogP contribution in [0.15, 0.2) is 47.5 Å². The maximum absolute atomic E-state index is 12.7. The van der Waals surface area contributed by atoms with E-state index in [2.05, 4.69) is 15.8 Å². The van der Waals surface area contributed by atoms with Gasteiger partial charge in [0.2, 0.25) is 0 Å². The molecule has 0 saturated heterocycles. The molecule has 142 valence electrons. The number of methoxy groups -OCH3 is 1. The molecule has 5 nitrogen and oxygen atoms in total. The van der Waals surface area contributed by atoms with Crippen LogP contribution < -0.4 is 14.3 Å². The molecule has 0 bridgehead atoms. The number of hydrogen-bond acceptors (Lipinski definition) is 5. The highest BCUT2D eigenvalue weighted by Gasteiger charge is 2.10. The zero-order chi connectivity index (χ0) is 19.2. The smallest absolute Gasteiger partial charge is 0.279 e. The molecular weight excluding hydrogens is 380 g/mol. The number of aromatic nitrogens is 1. The molecule has 2 aromatic carbocycles. The Bertz CT molecular complexity index is 991. The highest BCUT2D eigenvalue weighted by molar-refractivity contribution is 7.98. The van der Waals surface area contributed by atoms with Gasteiger partial charge >= 0.3 is 0 Å². The van der Waals surface area contributed by atoms with Crippen LogP contribution in [0.25, 0.3) is 10.2 Å². The number of ether oxygens (including phenoxy) is 2. The van der Waals surface area contributed by atoms with E-state index < -0.39 is 0 Å². The number of hydrogen-bond donors (Lipinski definition) is 0. The summed E-state index contributed by atoms with van der Waals surface area (Å²) < 4.78 is 13.9. The van der Waals surface area contributed by atoms with Crippen molar-refractivity contribution in [1.29, 1.82) is 0 Å². The lowest BCUT2D eigenvalue weighted by Gasteiger charge is -2.05. The van der Waals surface area contributed by atoms with Gasteiger partial charge in [-0.25, -0.2) is 0 Å². The van der Waals surface area contributed by atoms with Gasteiger partial charge in [0, 0.05) is 17.9 Å². The third-order valence-corrected chi connectivity index (χ3v) is 5.65. The Labute approximate surface area is 166 Å². The van der Waals surface area contributed by atoms with Crippen LogP contribution in [0.3, 0.4) is 0 Å². The molecule has 0 saturated carbocycles. The molecule has 0 N–H and O–H groups in total. The third kappa shape index (κ3) is 4.54. The normalized spacial score (nSPS) is 11.7. The first kappa shape index (κ1) is 19.5. The fourth-order valence-electron chi connectivity index (χ4n) is 2.68. The number of rotatable bonds is 7. The van der Waals surface area contributed by atoms with Crippen molar-refractivity contribution in [2.75, 3.05) is 25.7 Å². The molecule has 27 heavy (non-hydrogen) atoms. The van der Waals surface area contributed by atoms with Crippen molar-refractivity contribution < 1.29 is 14.3 Å². The molecule has 1 heterocycles. The number of carbonyl (C=O) groups is 1. The lowest BCUT2D eigenvalue weighted by molar-refractivity contribution is 0.0998.